The first-order chi connectivity index (χ1) is 19.6. The number of carbonyl (C=O) groups is 3. The molecule has 0 bridgehead atoms. The molecule has 6 heterocycles. The van der Waals surface area contributed by atoms with Gasteiger partial charge in [0.15, 0.2) is 0 Å². The number of hydrogen-bond donors (Lipinski definition) is 1. The number of aromatic nitrogens is 2. The Kier molecular flexibility index (Phi) is 5.86. The van der Waals surface area contributed by atoms with E-state index in [-0.39, 0.29) is 52.6 Å². The van der Waals surface area contributed by atoms with Crippen molar-refractivity contribution >= 4 is 39.3 Å². The molecule has 9 nitrogen and oxygen atoms in total. The standard InChI is InChI=1S/C31H32N6O3S/c1-17-23(27(38)36-10-6-31(7-11-36)5-9-33-16-31)21(12-18(14-32)35-17)20-4-8-34-22-13-19(41-26(20)22)15-37-28(39)24-25(29(37)40)30(24,2)3/h4,8,12-13,24-25,33H,5-7,9-11,15-16H2,1-3H3. The molecule has 210 valence electrons. The van der Waals surface area contributed by atoms with Gasteiger partial charge in [0.1, 0.15) is 11.8 Å². The van der Waals surface area contributed by atoms with E-state index in [0.29, 0.717) is 29.9 Å². The van der Waals surface area contributed by atoms with E-state index < -0.39 is 0 Å². The monoisotopic (exact) mass is 568 g/mol. The van der Waals surface area contributed by atoms with E-state index in [1.165, 1.54) is 16.2 Å². The second-order valence-corrected chi connectivity index (χ2v) is 13.8. The highest BCUT2D eigenvalue weighted by molar-refractivity contribution is 7.19. The van der Waals surface area contributed by atoms with E-state index in [1.807, 2.05) is 30.9 Å². The van der Waals surface area contributed by atoms with E-state index in [9.17, 15) is 19.6 Å². The molecule has 0 aromatic carbocycles. The van der Waals surface area contributed by atoms with Gasteiger partial charge in [0.05, 0.1) is 39.9 Å². The fourth-order valence-corrected chi connectivity index (χ4v) is 8.50. The molecular formula is C31H32N6O3S. The second kappa shape index (κ2) is 9.16. The minimum atomic E-state index is -0.247. The number of pyridine rings is 2. The van der Waals surface area contributed by atoms with Crippen molar-refractivity contribution in [1.29, 1.82) is 5.26 Å². The number of nitrogens with one attached hydrogen (secondary N) is 1. The molecule has 4 fully saturated rings. The number of hydrogen-bond acceptors (Lipinski definition) is 8. The number of aryl methyl sites for hydroxylation is 1. The molecule has 41 heavy (non-hydrogen) atoms. The number of rotatable bonds is 4. The average Bonchev–Trinajstić information content (AvgIpc) is 3.34. The summed E-state index contributed by atoms with van der Waals surface area (Å²) in [5.41, 5.74) is 3.53. The van der Waals surface area contributed by atoms with Crippen molar-refractivity contribution in [1.82, 2.24) is 25.1 Å². The number of nitriles is 1. The number of thiophene rings is 1. The predicted octanol–water partition coefficient (Wildman–Crippen LogP) is 3.90. The second-order valence-electron chi connectivity index (χ2n) is 12.7. The van der Waals surface area contributed by atoms with Gasteiger partial charge in [0.2, 0.25) is 11.8 Å². The summed E-state index contributed by atoms with van der Waals surface area (Å²) in [6, 6.07) is 7.63. The fraction of sp³-hybridized carbons (Fsp3) is 0.484. The Morgan fingerprint density at radius 1 is 1.15 bits per heavy atom. The van der Waals surface area contributed by atoms with Crippen molar-refractivity contribution < 1.29 is 14.4 Å². The van der Waals surface area contributed by atoms with Crippen molar-refractivity contribution in [3.05, 3.63) is 46.2 Å². The molecule has 7 rings (SSSR count). The van der Waals surface area contributed by atoms with Crippen LogP contribution in [0.3, 0.4) is 0 Å². The molecule has 1 saturated carbocycles. The number of fused-ring (bicyclic) bond motifs is 2. The summed E-state index contributed by atoms with van der Waals surface area (Å²) < 4.78 is 0.852. The topological polar surface area (TPSA) is 119 Å². The van der Waals surface area contributed by atoms with Crippen LogP contribution in [0.2, 0.25) is 0 Å². The maximum absolute atomic E-state index is 14.0. The number of amides is 3. The summed E-state index contributed by atoms with van der Waals surface area (Å²) in [6.07, 6.45) is 4.81. The van der Waals surface area contributed by atoms with Crippen LogP contribution in [-0.4, -0.2) is 63.7 Å². The van der Waals surface area contributed by atoms with Crippen molar-refractivity contribution in [3.8, 4) is 17.2 Å². The summed E-state index contributed by atoms with van der Waals surface area (Å²) in [6.45, 7) is 9.41. The van der Waals surface area contributed by atoms with E-state index in [0.717, 1.165) is 53.0 Å². The Hall–Kier alpha value is -3.68. The zero-order valence-corrected chi connectivity index (χ0v) is 24.3. The number of nitrogens with zero attached hydrogens (tertiary/aromatic N) is 5. The highest BCUT2D eigenvalue weighted by Crippen LogP contribution is 2.63. The van der Waals surface area contributed by atoms with Crippen LogP contribution in [-0.2, 0) is 16.1 Å². The van der Waals surface area contributed by atoms with Crippen LogP contribution in [0.1, 0.15) is 59.7 Å². The summed E-state index contributed by atoms with van der Waals surface area (Å²) in [5, 5.41) is 13.2. The Morgan fingerprint density at radius 3 is 2.54 bits per heavy atom. The molecule has 4 aliphatic rings. The predicted molar refractivity (Wildman–Crippen MR) is 154 cm³/mol. The maximum atomic E-state index is 14.0. The van der Waals surface area contributed by atoms with Gasteiger partial charge in [-0.3, -0.25) is 24.3 Å². The Labute approximate surface area is 242 Å². The van der Waals surface area contributed by atoms with Gasteiger partial charge in [-0.15, -0.1) is 11.3 Å². The zero-order valence-electron chi connectivity index (χ0n) is 23.5. The van der Waals surface area contributed by atoms with E-state index in [4.69, 9.17) is 0 Å². The van der Waals surface area contributed by atoms with Crippen molar-refractivity contribution in [2.45, 2.75) is 46.6 Å². The summed E-state index contributed by atoms with van der Waals surface area (Å²) in [5.74, 6) is -0.685. The lowest BCUT2D eigenvalue weighted by Crippen LogP contribution is -2.44. The lowest BCUT2D eigenvalue weighted by Gasteiger charge is -2.39. The van der Waals surface area contributed by atoms with Crippen molar-refractivity contribution in [2.75, 3.05) is 26.2 Å². The van der Waals surface area contributed by atoms with Crippen LogP contribution < -0.4 is 5.32 Å². The Morgan fingerprint density at radius 2 is 1.88 bits per heavy atom. The quantitative estimate of drug-likeness (QED) is 0.474. The van der Waals surface area contributed by atoms with Crippen molar-refractivity contribution in [2.24, 2.45) is 22.7 Å². The van der Waals surface area contributed by atoms with E-state index in [2.05, 4.69) is 21.4 Å². The molecule has 10 heteroatoms. The van der Waals surface area contributed by atoms with Gasteiger partial charge in [-0.25, -0.2) is 4.98 Å². The zero-order chi connectivity index (χ0) is 28.7. The van der Waals surface area contributed by atoms with Crippen LogP contribution >= 0.6 is 11.3 Å². The smallest absolute Gasteiger partial charge is 0.256 e. The number of imide groups is 1. The van der Waals surface area contributed by atoms with Crippen LogP contribution in [0, 0.1) is 40.9 Å². The van der Waals surface area contributed by atoms with Gasteiger partial charge < -0.3 is 10.2 Å². The molecule has 1 N–H and O–H groups in total. The molecule has 2 unspecified atom stereocenters. The number of piperidine rings is 2. The largest absolute Gasteiger partial charge is 0.339 e. The minimum Gasteiger partial charge on any atom is -0.339 e. The molecule has 1 aliphatic carbocycles. The van der Waals surface area contributed by atoms with Crippen molar-refractivity contribution in [3.63, 3.8) is 0 Å². The van der Waals surface area contributed by atoms with Crippen LogP contribution in [0.15, 0.2) is 24.4 Å². The van der Waals surface area contributed by atoms with Gasteiger partial charge in [0.25, 0.3) is 5.91 Å². The highest BCUT2D eigenvalue weighted by Gasteiger charge is 2.72. The Bertz CT molecular complexity index is 1650. The fourth-order valence-electron chi connectivity index (χ4n) is 7.37. The van der Waals surface area contributed by atoms with Gasteiger partial charge >= 0.3 is 0 Å². The maximum Gasteiger partial charge on any atom is 0.256 e. The molecular weight excluding hydrogens is 536 g/mol. The first-order valence-corrected chi connectivity index (χ1v) is 15.1. The number of carbonyl (C=O) groups excluding carboxylic acids is 3. The highest BCUT2D eigenvalue weighted by atomic mass is 32.1. The van der Waals surface area contributed by atoms with E-state index in [1.54, 1.807) is 19.2 Å². The molecule has 3 aromatic rings. The molecule has 3 aliphatic heterocycles. The molecule has 3 amide bonds. The third-order valence-electron chi connectivity index (χ3n) is 9.93. The Balaban J connectivity index is 1.23. The average molecular weight is 569 g/mol. The molecule has 2 atom stereocenters. The molecule has 3 saturated heterocycles. The lowest BCUT2D eigenvalue weighted by molar-refractivity contribution is -0.143. The van der Waals surface area contributed by atoms with Gasteiger partial charge in [-0.05, 0) is 61.8 Å². The molecule has 0 radical (unpaired) electrons. The number of likely N-dealkylation sites (tertiary alicyclic amines) is 2. The van der Waals surface area contributed by atoms with Crippen LogP contribution in [0.25, 0.3) is 21.3 Å². The third kappa shape index (κ3) is 4.01. The van der Waals surface area contributed by atoms with Gasteiger partial charge in [0, 0.05) is 41.8 Å². The molecule has 3 aromatic heterocycles. The summed E-state index contributed by atoms with van der Waals surface area (Å²) in [4.78, 5) is 53.1. The SMILES string of the molecule is Cc1nc(C#N)cc(-c2ccnc3cc(CN4C(=O)C5C(C4=O)C5(C)C)sc23)c1C(=O)N1CCC2(CCNC2)CC1. The summed E-state index contributed by atoms with van der Waals surface area (Å²) >= 11 is 1.47. The lowest BCUT2D eigenvalue weighted by atomic mass is 9.77. The minimum absolute atomic E-state index is 0.0628. The third-order valence-corrected chi connectivity index (χ3v) is 11.1. The normalized spacial score (nSPS) is 24.2. The first-order valence-electron chi connectivity index (χ1n) is 14.3. The van der Waals surface area contributed by atoms with Crippen LogP contribution in [0.4, 0.5) is 0 Å². The first kappa shape index (κ1) is 26.2. The van der Waals surface area contributed by atoms with Gasteiger partial charge in [-0.1, -0.05) is 13.8 Å². The van der Waals surface area contributed by atoms with Crippen LogP contribution in [0.5, 0.6) is 0 Å². The van der Waals surface area contributed by atoms with Gasteiger partial charge in [-0.2, -0.15) is 5.26 Å². The molecule has 1 spiro atoms. The van der Waals surface area contributed by atoms with E-state index >= 15 is 0 Å². The summed E-state index contributed by atoms with van der Waals surface area (Å²) in [7, 11) is 0.